The van der Waals surface area contributed by atoms with E-state index in [9.17, 15) is 4.79 Å². The summed E-state index contributed by atoms with van der Waals surface area (Å²) in [6.07, 6.45) is 5.29. The molecule has 2 aromatic heterocycles. The average molecular weight is 333 g/mol. The van der Waals surface area contributed by atoms with E-state index >= 15 is 0 Å². The molecular weight excluding hydrogens is 314 g/mol. The Morgan fingerprint density at radius 2 is 2.04 bits per heavy atom. The number of hydrogen-bond acceptors (Lipinski definition) is 5. The summed E-state index contributed by atoms with van der Waals surface area (Å²) in [5, 5.41) is 9.88. The van der Waals surface area contributed by atoms with Crippen LogP contribution in [0.1, 0.15) is 22.3 Å². The maximum Gasteiger partial charge on any atom is 0.269 e. The van der Waals surface area contributed by atoms with Crippen molar-refractivity contribution in [1.29, 1.82) is 0 Å². The molecule has 3 aromatic rings. The lowest BCUT2D eigenvalue weighted by Crippen LogP contribution is -2.21. The minimum absolute atomic E-state index is 0.131. The van der Waals surface area contributed by atoms with Crippen LogP contribution in [-0.4, -0.2) is 15.2 Å². The van der Waals surface area contributed by atoms with Gasteiger partial charge in [0, 0.05) is 43.3 Å². The summed E-state index contributed by atoms with van der Waals surface area (Å²) in [7, 11) is 0. The fraction of sp³-hybridized carbons (Fsp3) is 0.211. The number of anilines is 2. The Balaban J connectivity index is 1.57. The molecule has 1 aliphatic heterocycles. The third kappa shape index (κ3) is 2.98. The molecule has 0 radical (unpaired) electrons. The molecule has 0 atom stereocenters. The maximum absolute atomic E-state index is 11.8. The lowest BCUT2D eigenvalue weighted by atomic mass is 10.0. The van der Waals surface area contributed by atoms with Gasteiger partial charge in [0.25, 0.3) is 5.56 Å². The molecule has 0 saturated carbocycles. The molecule has 6 nitrogen and oxygen atoms in total. The Bertz CT molecular complexity index is 952. The zero-order valence-corrected chi connectivity index (χ0v) is 14.0. The molecule has 0 bridgehead atoms. The topological polar surface area (TPSA) is 73.9 Å². The van der Waals surface area contributed by atoms with E-state index in [0.717, 1.165) is 31.0 Å². The van der Waals surface area contributed by atoms with Crippen LogP contribution >= 0.6 is 0 Å². The summed E-state index contributed by atoms with van der Waals surface area (Å²) >= 11 is 0. The SMILES string of the molecule is Cc1c(N2Cc3cccc(CNc4ccncc4)c3C2)cn[nH]c1=O. The molecule has 0 saturated heterocycles. The highest BCUT2D eigenvalue weighted by Gasteiger charge is 2.23. The van der Waals surface area contributed by atoms with Crippen molar-refractivity contribution in [3.63, 3.8) is 0 Å². The normalized spacial score (nSPS) is 12.9. The van der Waals surface area contributed by atoms with Gasteiger partial charge in [0.1, 0.15) is 0 Å². The molecular formula is C19H19N5O. The first-order valence-corrected chi connectivity index (χ1v) is 8.25. The molecule has 2 N–H and O–H groups in total. The number of fused-ring (bicyclic) bond motifs is 1. The highest BCUT2D eigenvalue weighted by Crippen LogP contribution is 2.31. The van der Waals surface area contributed by atoms with E-state index in [2.05, 4.69) is 43.6 Å². The van der Waals surface area contributed by atoms with Gasteiger partial charge in [-0.2, -0.15) is 5.10 Å². The molecule has 1 aliphatic rings. The number of nitrogens with one attached hydrogen (secondary N) is 2. The second kappa shape index (κ2) is 6.39. The first-order chi connectivity index (χ1) is 12.2. The van der Waals surface area contributed by atoms with Gasteiger partial charge < -0.3 is 10.2 Å². The van der Waals surface area contributed by atoms with Gasteiger partial charge in [-0.1, -0.05) is 18.2 Å². The summed E-state index contributed by atoms with van der Waals surface area (Å²) in [4.78, 5) is 18.1. The summed E-state index contributed by atoms with van der Waals surface area (Å²) in [6, 6.07) is 10.3. The molecule has 25 heavy (non-hydrogen) atoms. The largest absolute Gasteiger partial charge is 0.381 e. The fourth-order valence-electron chi connectivity index (χ4n) is 3.26. The number of rotatable bonds is 4. The number of H-pyrrole nitrogens is 1. The Morgan fingerprint density at radius 1 is 1.20 bits per heavy atom. The molecule has 1 aromatic carbocycles. The van der Waals surface area contributed by atoms with E-state index < -0.39 is 0 Å². The minimum atomic E-state index is -0.131. The molecule has 0 amide bonds. The van der Waals surface area contributed by atoms with Crippen molar-refractivity contribution in [2.75, 3.05) is 10.2 Å². The van der Waals surface area contributed by atoms with Crippen molar-refractivity contribution in [3.05, 3.63) is 81.5 Å². The molecule has 0 unspecified atom stereocenters. The van der Waals surface area contributed by atoms with E-state index in [-0.39, 0.29) is 5.56 Å². The molecule has 6 heteroatoms. The predicted octanol–water partition coefficient (Wildman–Crippen LogP) is 2.61. The number of hydrogen-bond donors (Lipinski definition) is 2. The molecule has 0 aliphatic carbocycles. The van der Waals surface area contributed by atoms with Gasteiger partial charge in [0.15, 0.2) is 0 Å². The minimum Gasteiger partial charge on any atom is -0.381 e. The van der Waals surface area contributed by atoms with E-state index in [1.165, 1.54) is 16.7 Å². The first kappa shape index (κ1) is 15.4. The van der Waals surface area contributed by atoms with Crippen LogP contribution in [0.3, 0.4) is 0 Å². The van der Waals surface area contributed by atoms with E-state index in [0.29, 0.717) is 5.56 Å². The lowest BCUT2D eigenvalue weighted by Gasteiger charge is -2.19. The van der Waals surface area contributed by atoms with Gasteiger partial charge >= 0.3 is 0 Å². The maximum atomic E-state index is 11.8. The summed E-state index contributed by atoms with van der Waals surface area (Å²) in [5.41, 5.74) is 6.42. The van der Waals surface area contributed by atoms with Gasteiger partial charge in [0.2, 0.25) is 0 Å². The van der Waals surface area contributed by atoms with Crippen LogP contribution in [-0.2, 0) is 19.6 Å². The van der Waals surface area contributed by atoms with E-state index in [1.54, 1.807) is 18.6 Å². The predicted molar refractivity (Wildman–Crippen MR) is 97.5 cm³/mol. The third-order valence-electron chi connectivity index (χ3n) is 4.66. The van der Waals surface area contributed by atoms with Crippen molar-refractivity contribution < 1.29 is 0 Å². The zero-order valence-electron chi connectivity index (χ0n) is 14.0. The third-order valence-corrected chi connectivity index (χ3v) is 4.66. The zero-order chi connectivity index (χ0) is 17.2. The Hall–Kier alpha value is -3.15. The number of aromatic nitrogens is 3. The quantitative estimate of drug-likeness (QED) is 0.768. The van der Waals surface area contributed by atoms with Gasteiger partial charge in [-0.05, 0) is 35.7 Å². The van der Waals surface area contributed by atoms with Crippen molar-refractivity contribution >= 4 is 11.4 Å². The second-order valence-corrected chi connectivity index (χ2v) is 6.21. The second-order valence-electron chi connectivity index (χ2n) is 6.21. The first-order valence-electron chi connectivity index (χ1n) is 8.25. The van der Waals surface area contributed by atoms with Crippen LogP contribution in [0.5, 0.6) is 0 Å². The number of benzene rings is 1. The van der Waals surface area contributed by atoms with Gasteiger partial charge in [0.05, 0.1) is 11.9 Å². The van der Waals surface area contributed by atoms with Crippen molar-refractivity contribution in [1.82, 2.24) is 15.2 Å². The highest BCUT2D eigenvalue weighted by atomic mass is 16.1. The smallest absolute Gasteiger partial charge is 0.269 e. The van der Waals surface area contributed by atoms with E-state index in [1.807, 2.05) is 19.1 Å². The summed E-state index contributed by atoms with van der Waals surface area (Å²) in [6.45, 7) is 4.18. The van der Waals surface area contributed by atoms with E-state index in [4.69, 9.17) is 0 Å². The van der Waals surface area contributed by atoms with Crippen LogP contribution in [0.25, 0.3) is 0 Å². The average Bonchev–Trinajstić information content (AvgIpc) is 3.07. The summed E-state index contributed by atoms with van der Waals surface area (Å²) in [5.74, 6) is 0. The van der Waals surface area contributed by atoms with Crippen LogP contribution < -0.4 is 15.8 Å². The van der Waals surface area contributed by atoms with Crippen molar-refractivity contribution in [3.8, 4) is 0 Å². The van der Waals surface area contributed by atoms with Gasteiger partial charge in [-0.15, -0.1) is 0 Å². The number of aromatic amines is 1. The molecule has 3 heterocycles. The van der Waals surface area contributed by atoms with Crippen LogP contribution in [0.4, 0.5) is 11.4 Å². The fourth-order valence-corrected chi connectivity index (χ4v) is 3.26. The van der Waals surface area contributed by atoms with Gasteiger partial charge in [-0.25, -0.2) is 5.10 Å². The highest BCUT2D eigenvalue weighted by molar-refractivity contribution is 5.56. The molecule has 0 fully saturated rings. The Kier molecular flexibility index (Phi) is 3.93. The monoisotopic (exact) mass is 333 g/mol. The number of pyridine rings is 1. The van der Waals surface area contributed by atoms with Crippen molar-refractivity contribution in [2.24, 2.45) is 0 Å². The Morgan fingerprint density at radius 3 is 2.88 bits per heavy atom. The molecule has 4 rings (SSSR count). The summed E-state index contributed by atoms with van der Waals surface area (Å²) < 4.78 is 0. The number of nitrogens with zero attached hydrogens (tertiary/aromatic N) is 3. The lowest BCUT2D eigenvalue weighted by molar-refractivity contribution is 0.846. The standard InChI is InChI=1S/C19H19N5O/c1-13-18(10-22-23-19(13)25)24-11-15-4-2-3-14(17(15)12-24)9-21-16-5-7-20-8-6-16/h2-8,10H,9,11-12H2,1H3,(H,20,21)(H,23,25). The van der Waals surface area contributed by atoms with Crippen LogP contribution in [0, 0.1) is 6.92 Å². The van der Waals surface area contributed by atoms with Crippen LogP contribution in [0.2, 0.25) is 0 Å². The Labute approximate surface area is 145 Å². The van der Waals surface area contributed by atoms with Crippen molar-refractivity contribution in [2.45, 2.75) is 26.6 Å². The molecule has 0 spiro atoms. The van der Waals surface area contributed by atoms with Crippen LogP contribution in [0.15, 0.2) is 53.7 Å². The van der Waals surface area contributed by atoms with Gasteiger partial charge in [-0.3, -0.25) is 9.78 Å². The molecule has 126 valence electrons.